The van der Waals surface area contributed by atoms with Crippen LogP contribution in [0.4, 0.5) is 0 Å². The summed E-state index contributed by atoms with van der Waals surface area (Å²) in [7, 11) is 1.40. The van der Waals surface area contributed by atoms with E-state index in [0.29, 0.717) is 6.42 Å². The molecule has 0 aliphatic heterocycles. The summed E-state index contributed by atoms with van der Waals surface area (Å²) in [5.41, 5.74) is -0.446. The van der Waals surface area contributed by atoms with Crippen molar-refractivity contribution in [1.82, 2.24) is 0 Å². The zero-order valence-corrected chi connectivity index (χ0v) is 8.88. The predicted molar refractivity (Wildman–Crippen MR) is 52.3 cm³/mol. The van der Waals surface area contributed by atoms with Gasteiger partial charge in [-0.1, -0.05) is 26.2 Å². The fourth-order valence-electron chi connectivity index (χ4n) is 1.97. The van der Waals surface area contributed by atoms with E-state index in [0.717, 1.165) is 25.7 Å². The van der Waals surface area contributed by atoms with E-state index in [2.05, 4.69) is 13.0 Å². The number of carbonyl (C=O) groups excluding carboxylic acids is 1. The molecule has 0 saturated heterocycles. The molecule has 1 rings (SSSR count). The summed E-state index contributed by atoms with van der Waals surface area (Å²) in [4.78, 5) is 11.5. The third-order valence-corrected chi connectivity index (χ3v) is 3.05. The highest BCUT2D eigenvalue weighted by atomic mass is 16.5. The van der Waals surface area contributed by atoms with Crippen molar-refractivity contribution in [2.24, 2.45) is 11.3 Å². The Kier molecular flexibility index (Phi) is 3.51. The first-order valence-electron chi connectivity index (χ1n) is 5.19. The van der Waals surface area contributed by atoms with Crippen molar-refractivity contribution < 1.29 is 9.53 Å². The summed E-state index contributed by atoms with van der Waals surface area (Å²) in [6.45, 7) is 2.12. The number of ether oxygens (including phenoxy) is 1. The fourth-order valence-corrected chi connectivity index (χ4v) is 1.97. The van der Waals surface area contributed by atoms with Gasteiger partial charge in [0.2, 0.25) is 0 Å². The molecule has 1 aliphatic rings. The van der Waals surface area contributed by atoms with Gasteiger partial charge in [-0.2, -0.15) is 5.26 Å². The van der Waals surface area contributed by atoms with Crippen molar-refractivity contribution in [3.05, 3.63) is 0 Å². The van der Waals surface area contributed by atoms with Gasteiger partial charge in [-0.3, -0.25) is 4.79 Å². The smallest absolute Gasteiger partial charge is 0.313 e. The lowest BCUT2D eigenvalue weighted by atomic mass is 9.96. The molecule has 0 N–H and O–H groups in total. The lowest BCUT2D eigenvalue weighted by molar-refractivity contribution is -0.147. The van der Waals surface area contributed by atoms with Gasteiger partial charge >= 0.3 is 5.97 Å². The summed E-state index contributed by atoms with van der Waals surface area (Å²) >= 11 is 0. The number of rotatable bonds is 5. The van der Waals surface area contributed by atoms with E-state index in [4.69, 9.17) is 10.00 Å². The Morgan fingerprint density at radius 1 is 1.64 bits per heavy atom. The Morgan fingerprint density at radius 2 is 2.36 bits per heavy atom. The molecule has 1 saturated carbocycles. The number of nitriles is 1. The monoisotopic (exact) mass is 195 g/mol. The first-order chi connectivity index (χ1) is 6.71. The van der Waals surface area contributed by atoms with Crippen LogP contribution in [0.2, 0.25) is 0 Å². The van der Waals surface area contributed by atoms with Crippen LogP contribution >= 0.6 is 0 Å². The maximum Gasteiger partial charge on any atom is 0.313 e. The molecule has 0 aromatic heterocycles. The molecule has 0 aromatic rings. The third kappa shape index (κ3) is 1.89. The van der Waals surface area contributed by atoms with Gasteiger partial charge < -0.3 is 4.74 Å². The number of esters is 1. The van der Waals surface area contributed by atoms with Crippen LogP contribution in [0.3, 0.4) is 0 Å². The number of methoxy groups -OCH3 is 1. The third-order valence-electron chi connectivity index (χ3n) is 3.05. The zero-order valence-electron chi connectivity index (χ0n) is 8.88. The number of hydrogen-bond donors (Lipinski definition) is 0. The summed E-state index contributed by atoms with van der Waals surface area (Å²) in [6, 6.07) is 2.17. The minimum Gasteiger partial charge on any atom is -0.469 e. The van der Waals surface area contributed by atoms with Crippen molar-refractivity contribution in [1.29, 1.82) is 5.26 Å². The van der Waals surface area contributed by atoms with Gasteiger partial charge in [0, 0.05) is 0 Å². The number of hydrogen-bond acceptors (Lipinski definition) is 3. The standard InChI is InChI=1S/C11H17NO2/c1-3-4-5-6-11(10(13)14-2)7-9(11)8-12/h9H,3-7H2,1-2H3. The molecule has 0 bridgehead atoms. The van der Waals surface area contributed by atoms with Crippen molar-refractivity contribution in [2.75, 3.05) is 7.11 Å². The average molecular weight is 195 g/mol. The molecule has 3 heteroatoms. The average Bonchev–Trinajstić information content (AvgIpc) is 2.92. The van der Waals surface area contributed by atoms with Crippen LogP contribution in [0.1, 0.15) is 39.0 Å². The quantitative estimate of drug-likeness (QED) is 0.499. The minimum atomic E-state index is -0.446. The molecule has 0 spiro atoms. The molecule has 2 atom stereocenters. The second-order valence-electron chi connectivity index (χ2n) is 3.99. The van der Waals surface area contributed by atoms with Crippen LogP contribution in [0.15, 0.2) is 0 Å². The van der Waals surface area contributed by atoms with Crippen molar-refractivity contribution in [3.63, 3.8) is 0 Å². The molecule has 0 radical (unpaired) electrons. The van der Waals surface area contributed by atoms with Crippen molar-refractivity contribution >= 4 is 5.97 Å². The molecule has 1 fully saturated rings. The van der Waals surface area contributed by atoms with Gasteiger partial charge in [0.15, 0.2) is 0 Å². The highest BCUT2D eigenvalue weighted by Gasteiger charge is 2.60. The highest BCUT2D eigenvalue weighted by Crippen LogP contribution is 2.56. The van der Waals surface area contributed by atoms with Gasteiger partial charge in [0.25, 0.3) is 0 Å². The molecule has 14 heavy (non-hydrogen) atoms. The molecule has 78 valence electrons. The topological polar surface area (TPSA) is 50.1 Å². The van der Waals surface area contributed by atoms with Gasteiger partial charge in [-0.05, 0) is 12.8 Å². The van der Waals surface area contributed by atoms with Gasteiger partial charge in [-0.25, -0.2) is 0 Å². The van der Waals surface area contributed by atoms with Crippen LogP contribution in [-0.4, -0.2) is 13.1 Å². The lowest BCUT2D eigenvalue weighted by Crippen LogP contribution is -2.19. The Hall–Kier alpha value is -1.04. The van der Waals surface area contributed by atoms with E-state index in [1.54, 1.807) is 0 Å². The summed E-state index contributed by atoms with van der Waals surface area (Å²) in [5.74, 6) is -0.299. The van der Waals surface area contributed by atoms with Crippen LogP contribution in [0, 0.1) is 22.7 Å². The van der Waals surface area contributed by atoms with Crippen LogP contribution in [0.25, 0.3) is 0 Å². The second kappa shape index (κ2) is 4.45. The van der Waals surface area contributed by atoms with Gasteiger partial charge in [-0.15, -0.1) is 0 Å². The highest BCUT2D eigenvalue weighted by molar-refractivity contribution is 5.81. The Morgan fingerprint density at radius 3 is 2.79 bits per heavy atom. The molecule has 0 amide bonds. The van der Waals surface area contributed by atoms with Gasteiger partial charge in [0.1, 0.15) is 0 Å². The van der Waals surface area contributed by atoms with Gasteiger partial charge in [0.05, 0.1) is 24.5 Å². The first kappa shape index (κ1) is 11.0. The SMILES string of the molecule is CCCCCC1(C(=O)OC)CC1C#N. The predicted octanol–water partition coefficient (Wildman–Crippen LogP) is 2.27. The molecular formula is C11H17NO2. The summed E-state index contributed by atoms with van der Waals surface area (Å²) in [6.07, 6.45) is 4.78. The fraction of sp³-hybridized carbons (Fsp3) is 0.818. The van der Waals surface area contributed by atoms with E-state index in [1.807, 2.05) is 0 Å². The molecule has 0 aromatic carbocycles. The number of nitrogens with zero attached hydrogens (tertiary/aromatic N) is 1. The largest absolute Gasteiger partial charge is 0.469 e. The van der Waals surface area contributed by atoms with Crippen molar-refractivity contribution in [2.45, 2.75) is 39.0 Å². The molecule has 1 aliphatic carbocycles. The summed E-state index contributed by atoms with van der Waals surface area (Å²) < 4.78 is 4.75. The lowest BCUT2D eigenvalue weighted by Gasteiger charge is -2.12. The summed E-state index contributed by atoms with van der Waals surface area (Å²) in [5, 5.41) is 8.78. The first-order valence-corrected chi connectivity index (χ1v) is 5.19. The van der Waals surface area contributed by atoms with E-state index in [1.165, 1.54) is 7.11 Å². The van der Waals surface area contributed by atoms with E-state index >= 15 is 0 Å². The van der Waals surface area contributed by atoms with Crippen LogP contribution < -0.4 is 0 Å². The maximum absolute atomic E-state index is 11.5. The molecule has 2 unspecified atom stereocenters. The van der Waals surface area contributed by atoms with E-state index in [9.17, 15) is 4.79 Å². The number of unbranched alkanes of at least 4 members (excludes halogenated alkanes) is 2. The molecule has 3 nitrogen and oxygen atoms in total. The molecule has 0 heterocycles. The van der Waals surface area contributed by atoms with E-state index < -0.39 is 5.41 Å². The Bertz CT molecular complexity index is 257. The number of carbonyl (C=O) groups is 1. The Labute approximate surface area is 85.1 Å². The normalized spacial score (nSPS) is 29.4. The van der Waals surface area contributed by atoms with Crippen LogP contribution in [0.5, 0.6) is 0 Å². The minimum absolute atomic E-state index is 0.105. The van der Waals surface area contributed by atoms with Crippen molar-refractivity contribution in [3.8, 4) is 6.07 Å². The van der Waals surface area contributed by atoms with Crippen LogP contribution in [-0.2, 0) is 9.53 Å². The zero-order chi connectivity index (χ0) is 10.6. The molecular weight excluding hydrogens is 178 g/mol. The van der Waals surface area contributed by atoms with E-state index in [-0.39, 0.29) is 11.9 Å². The second-order valence-corrected chi connectivity index (χ2v) is 3.99. The Balaban J connectivity index is 2.50. The maximum atomic E-state index is 11.5.